The van der Waals surface area contributed by atoms with Gasteiger partial charge in [-0.05, 0) is 43.2 Å². The molecule has 0 atom stereocenters. The molecule has 0 unspecified atom stereocenters. The first-order valence-corrected chi connectivity index (χ1v) is 7.84. The molecule has 3 N–H and O–H groups in total. The average molecular weight is 314 g/mol. The SMILES string of the molecule is CCN(C(=O)OC)c1ccc2c(c1)/C(=C/C1=CNCN1)CCN2. The van der Waals surface area contributed by atoms with E-state index in [2.05, 4.69) is 28.1 Å². The topological polar surface area (TPSA) is 65.6 Å². The predicted molar refractivity (Wildman–Crippen MR) is 92.2 cm³/mol. The number of ether oxygens (including phenoxy) is 1. The first kappa shape index (κ1) is 15.3. The Morgan fingerprint density at radius 2 is 2.26 bits per heavy atom. The Morgan fingerprint density at radius 3 is 2.96 bits per heavy atom. The molecule has 0 aliphatic carbocycles. The van der Waals surface area contributed by atoms with Crippen LogP contribution in [0.1, 0.15) is 18.9 Å². The van der Waals surface area contributed by atoms with Crippen LogP contribution in [0, 0.1) is 0 Å². The highest BCUT2D eigenvalue weighted by Crippen LogP contribution is 2.34. The number of carbonyl (C=O) groups is 1. The molecule has 2 heterocycles. The summed E-state index contributed by atoms with van der Waals surface area (Å²) in [4.78, 5) is 13.5. The third-order valence-electron chi connectivity index (χ3n) is 4.06. The van der Waals surface area contributed by atoms with E-state index in [0.29, 0.717) is 6.54 Å². The van der Waals surface area contributed by atoms with Gasteiger partial charge in [-0.1, -0.05) is 0 Å². The highest BCUT2D eigenvalue weighted by molar-refractivity contribution is 5.90. The number of benzene rings is 1. The minimum Gasteiger partial charge on any atom is -0.452 e. The molecule has 2 aliphatic heterocycles. The van der Waals surface area contributed by atoms with E-state index in [4.69, 9.17) is 4.74 Å². The molecule has 6 heteroatoms. The Balaban J connectivity index is 1.97. The zero-order chi connectivity index (χ0) is 16.2. The number of methoxy groups -OCH3 is 1. The van der Waals surface area contributed by atoms with Gasteiger partial charge in [0.2, 0.25) is 0 Å². The third-order valence-corrected chi connectivity index (χ3v) is 4.06. The van der Waals surface area contributed by atoms with Crippen molar-refractivity contribution in [2.75, 3.05) is 37.1 Å². The summed E-state index contributed by atoms with van der Waals surface area (Å²) in [5.41, 5.74) is 5.41. The quantitative estimate of drug-likeness (QED) is 0.800. The molecule has 1 aromatic rings. The van der Waals surface area contributed by atoms with Crippen molar-refractivity contribution in [3.63, 3.8) is 0 Å². The van der Waals surface area contributed by atoms with Crippen molar-refractivity contribution in [1.29, 1.82) is 0 Å². The fourth-order valence-electron chi connectivity index (χ4n) is 2.91. The van der Waals surface area contributed by atoms with Crippen LogP contribution in [-0.2, 0) is 4.74 Å². The highest BCUT2D eigenvalue weighted by Gasteiger charge is 2.19. The summed E-state index contributed by atoms with van der Waals surface area (Å²) in [6.07, 6.45) is 4.74. The molecule has 0 saturated carbocycles. The van der Waals surface area contributed by atoms with Gasteiger partial charge in [0.05, 0.1) is 19.5 Å². The summed E-state index contributed by atoms with van der Waals surface area (Å²) >= 11 is 0. The molecular formula is C17H22N4O2. The molecule has 0 spiro atoms. The van der Waals surface area contributed by atoms with Crippen LogP contribution in [0.2, 0.25) is 0 Å². The second-order valence-electron chi connectivity index (χ2n) is 5.45. The van der Waals surface area contributed by atoms with Crippen molar-refractivity contribution in [3.05, 3.63) is 41.7 Å². The van der Waals surface area contributed by atoms with Gasteiger partial charge in [0.1, 0.15) is 0 Å². The van der Waals surface area contributed by atoms with Gasteiger partial charge in [0.15, 0.2) is 0 Å². The van der Waals surface area contributed by atoms with Gasteiger partial charge < -0.3 is 20.7 Å². The van der Waals surface area contributed by atoms with Crippen molar-refractivity contribution in [3.8, 4) is 0 Å². The highest BCUT2D eigenvalue weighted by atomic mass is 16.5. The summed E-state index contributed by atoms with van der Waals surface area (Å²) in [6.45, 7) is 4.17. The fraction of sp³-hybridized carbons (Fsp3) is 0.353. The lowest BCUT2D eigenvalue weighted by molar-refractivity contribution is 0.179. The molecule has 0 saturated heterocycles. The van der Waals surface area contributed by atoms with Gasteiger partial charge in [-0.25, -0.2) is 4.79 Å². The maximum Gasteiger partial charge on any atom is 0.413 e. The Bertz CT molecular complexity index is 667. The zero-order valence-corrected chi connectivity index (χ0v) is 13.5. The number of nitrogens with one attached hydrogen (secondary N) is 3. The van der Waals surface area contributed by atoms with Crippen LogP contribution in [-0.4, -0.2) is 33.0 Å². The van der Waals surface area contributed by atoms with Gasteiger partial charge in [-0.3, -0.25) is 4.90 Å². The number of fused-ring (bicyclic) bond motifs is 1. The molecule has 0 bridgehead atoms. The second-order valence-corrected chi connectivity index (χ2v) is 5.45. The maximum atomic E-state index is 11.9. The molecule has 23 heavy (non-hydrogen) atoms. The van der Waals surface area contributed by atoms with E-state index in [-0.39, 0.29) is 6.09 Å². The first-order chi connectivity index (χ1) is 11.2. The number of amides is 1. The number of anilines is 2. The van der Waals surface area contributed by atoms with E-state index in [1.807, 2.05) is 25.3 Å². The molecule has 0 fully saturated rings. The third kappa shape index (κ3) is 3.11. The fourth-order valence-corrected chi connectivity index (χ4v) is 2.91. The lowest BCUT2D eigenvalue weighted by Crippen LogP contribution is -2.30. The standard InChI is InChI=1S/C17H22N4O2/c1-3-21(17(22)23-2)14-4-5-16-15(9-14)12(6-7-19-16)8-13-10-18-11-20-13/h4-5,8-10,18-20H,3,6-7,11H2,1-2H3/b12-8+. The van der Waals surface area contributed by atoms with E-state index < -0.39 is 0 Å². The van der Waals surface area contributed by atoms with Gasteiger partial charge >= 0.3 is 6.09 Å². The van der Waals surface area contributed by atoms with E-state index in [1.165, 1.54) is 12.7 Å². The van der Waals surface area contributed by atoms with E-state index >= 15 is 0 Å². The Labute approximate surface area is 136 Å². The Kier molecular flexibility index (Phi) is 4.41. The second kappa shape index (κ2) is 6.64. The van der Waals surface area contributed by atoms with Crippen LogP contribution in [0.15, 0.2) is 36.2 Å². The molecule has 6 nitrogen and oxygen atoms in total. The number of nitrogens with zero attached hydrogens (tertiary/aromatic N) is 1. The van der Waals surface area contributed by atoms with Crippen molar-refractivity contribution < 1.29 is 9.53 Å². The Hall–Kier alpha value is -2.63. The molecule has 1 aromatic carbocycles. The summed E-state index contributed by atoms with van der Waals surface area (Å²) in [7, 11) is 1.40. The van der Waals surface area contributed by atoms with Crippen molar-refractivity contribution in [1.82, 2.24) is 10.6 Å². The summed E-state index contributed by atoms with van der Waals surface area (Å²) in [6, 6.07) is 6.03. The van der Waals surface area contributed by atoms with Gasteiger partial charge in [-0.15, -0.1) is 0 Å². The first-order valence-electron chi connectivity index (χ1n) is 7.84. The maximum absolute atomic E-state index is 11.9. The van der Waals surface area contributed by atoms with Crippen LogP contribution < -0.4 is 20.9 Å². The molecule has 3 rings (SSSR count). The van der Waals surface area contributed by atoms with Crippen molar-refractivity contribution in [2.45, 2.75) is 13.3 Å². The lowest BCUT2D eigenvalue weighted by Gasteiger charge is -2.25. The number of hydrogen-bond acceptors (Lipinski definition) is 5. The van der Waals surface area contributed by atoms with Gasteiger partial charge in [0, 0.05) is 36.2 Å². The number of allylic oxidation sites excluding steroid dienone is 1. The molecule has 122 valence electrons. The summed E-state index contributed by atoms with van der Waals surface area (Å²) in [5, 5.41) is 9.84. The largest absolute Gasteiger partial charge is 0.452 e. The number of hydrogen-bond donors (Lipinski definition) is 3. The lowest BCUT2D eigenvalue weighted by atomic mass is 9.95. The molecule has 1 amide bonds. The number of carbonyl (C=O) groups excluding carboxylic acids is 1. The molecule has 2 aliphatic rings. The number of rotatable bonds is 3. The van der Waals surface area contributed by atoms with E-state index in [1.54, 1.807) is 4.90 Å². The molecule has 0 aromatic heterocycles. The zero-order valence-electron chi connectivity index (χ0n) is 13.5. The average Bonchev–Trinajstić information content (AvgIpc) is 3.09. The van der Waals surface area contributed by atoms with Gasteiger partial charge in [0.25, 0.3) is 0 Å². The van der Waals surface area contributed by atoms with Crippen LogP contribution in [0.3, 0.4) is 0 Å². The molecule has 0 radical (unpaired) electrons. The Morgan fingerprint density at radius 1 is 1.39 bits per heavy atom. The summed E-state index contributed by atoms with van der Waals surface area (Å²) in [5.74, 6) is 0. The van der Waals surface area contributed by atoms with E-state index in [9.17, 15) is 4.79 Å². The molecular weight excluding hydrogens is 292 g/mol. The normalized spacial score (nSPS) is 17.5. The van der Waals surface area contributed by atoms with Crippen LogP contribution >= 0.6 is 0 Å². The van der Waals surface area contributed by atoms with Crippen molar-refractivity contribution >= 4 is 23.0 Å². The minimum absolute atomic E-state index is 0.342. The van der Waals surface area contributed by atoms with E-state index in [0.717, 1.165) is 42.3 Å². The summed E-state index contributed by atoms with van der Waals surface area (Å²) < 4.78 is 4.87. The van der Waals surface area contributed by atoms with Gasteiger partial charge in [-0.2, -0.15) is 0 Å². The van der Waals surface area contributed by atoms with Crippen LogP contribution in [0.4, 0.5) is 16.2 Å². The van der Waals surface area contributed by atoms with Crippen LogP contribution in [0.25, 0.3) is 5.57 Å². The smallest absolute Gasteiger partial charge is 0.413 e. The van der Waals surface area contributed by atoms with Crippen molar-refractivity contribution in [2.24, 2.45) is 0 Å². The van der Waals surface area contributed by atoms with Crippen LogP contribution in [0.5, 0.6) is 0 Å². The predicted octanol–water partition coefficient (Wildman–Crippen LogP) is 2.47. The minimum atomic E-state index is -0.342. The monoisotopic (exact) mass is 314 g/mol.